The molecule has 1 aromatic heterocycles. The van der Waals surface area contributed by atoms with Gasteiger partial charge in [-0.1, -0.05) is 11.8 Å². The van der Waals surface area contributed by atoms with Crippen LogP contribution in [-0.2, 0) is 0 Å². The van der Waals surface area contributed by atoms with Crippen LogP contribution in [0, 0.1) is 6.92 Å². The lowest BCUT2D eigenvalue weighted by atomic mass is 10.1. The number of aromatic nitrogens is 1. The first-order chi connectivity index (χ1) is 9.72. The molecule has 0 radical (unpaired) electrons. The third kappa shape index (κ3) is 2.96. The fourth-order valence-corrected chi connectivity index (χ4v) is 3.57. The van der Waals surface area contributed by atoms with Gasteiger partial charge in [0.05, 0.1) is 5.75 Å². The Labute approximate surface area is 125 Å². The van der Waals surface area contributed by atoms with Crippen molar-refractivity contribution in [3.8, 4) is 11.5 Å². The lowest BCUT2D eigenvalue weighted by molar-refractivity contribution is 0.102. The van der Waals surface area contributed by atoms with Crippen LogP contribution < -0.4 is 9.47 Å². The van der Waals surface area contributed by atoms with Gasteiger partial charge in [-0.3, -0.25) is 4.79 Å². The molecule has 0 fully saturated rings. The number of benzene rings is 1. The Morgan fingerprint density at radius 2 is 2.15 bits per heavy atom. The zero-order chi connectivity index (χ0) is 13.9. The minimum Gasteiger partial charge on any atom is -0.486 e. The first kappa shape index (κ1) is 13.5. The summed E-state index contributed by atoms with van der Waals surface area (Å²) < 4.78 is 11.9. The molecule has 1 aliphatic heterocycles. The molecular weight excluding hydrogens is 294 g/mol. The smallest absolute Gasteiger partial charge is 0.173 e. The normalized spacial score (nSPS) is 13.2. The number of ketones is 1. The van der Waals surface area contributed by atoms with Gasteiger partial charge in [0.15, 0.2) is 21.6 Å². The molecule has 0 N–H and O–H groups in total. The van der Waals surface area contributed by atoms with Crippen molar-refractivity contribution in [3.05, 3.63) is 34.8 Å². The zero-order valence-corrected chi connectivity index (χ0v) is 12.6. The first-order valence-corrected chi connectivity index (χ1v) is 8.07. The second-order valence-electron chi connectivity index (χ2n) is 4.33. The van der Waals surface area contributed by atoms with Crippen molar-refractivity contribution in [1.82, 2.24) is 4.98 Å². The highest BCUT2D eigenvalue weighted by Gasteiger charge is 2.15. The number of aryl methyl sites for hydroxylation is 1. The third-order valence-corrected chi connectivity index (χ3v) is 4.93. The molecule has 0 saturated carbocycles. The predicted molar refractivity (Wildman–Crippen MR) is 79.3 cm³/mol. The highest BCUT2D eigenvalue weighted by molar-refractivity contribution is 8.01. The van der Waals surface area contributed by atoms with Gasteiger partial charge < -0.3 is 9.47 Å². The van der Waals surface area contributed by atoms with Crippen LogP contribution in [-0.4, -0.2) is 29.7 Å². The Morgan fingerprint density at radius 3 is 2.90 bits per heavy atom. The van der Waals surface area contributed by atoms with Gasteiger partial charge in [-0.05, 0) is 25.1 Å². The number of thioether (sulfide) groups is 1. The lowest BCUT2D eigenvalue weighted by Gasteiger charge is -2.18. The largest absolute Gasteiger partial charge is 0.486 e. The summed E-state index contributed by atoms with van der Waals surface area (Å²) in [4.78, 5) is 16.5. The molecule has 0 unspecified atom stereocenters. The predicted octanol–water partition coefficient (Wildman–Crippen LogP) is 3.20. The molecule has 2 heterocycles. The highest BCUT2D eigenvalue weighted by atomic mass is 32.2. The van der Waals surface area contributed by atoms with Crippen molar-refractivity contribution >= 4 is 28.9 Å². The Kier molecular flexibility index (Phi) is 3.93. The van der Waals surface area contributed by atoms with Crippen molar-refractivity contribution in [2.45, 2.75) is 11.3 Å². The van der Waals surface area contributed by atoms with Crippen molar-refractivity contribution in [2.75, 3.05) is 19.0 Å². The average Bonchev–Trinajstić information content (AvgIpc) is 2.90. The van der Waals surface area contributed by atoms with Gasteiger partial charge >= 0.3 is 0 Å². The fraction of sp³-hybridized carbons (Fsp3) is 0.286. The van der Waals surface area contributed by atoms with E-state index in [1.165, 1.54) is 11.8 Å². The molecule has 0 atom stereocenters. The quantitative estimate of drug-likeness (QED) is 0.641. The summed E-state index contributed by atoms with van der Waals surface area (Å²) in [7, 11) is 0. The van der Waals surface area contributed by atoms with E-state index < -0.39 is 0 Å². The molecule has 0 saturated heterocycles. The number of rotatable bonds is 4. The Balaban J connectivity index is 1.67. The number of hydrogen-bond acceptors (Lipinski definition) is 6. The van der Waals surface area contributed by atoms with E-state index in [-0.39, 0.29) is 5.78 Å². The van der Waals surface area contributed by atoms with E-state index >= 15 is 0 Å². The standard InChI is InChI=1S/C14H13NO3S2/c1-9-7-19-14(15-9)20-8-11(16)10-2-3-12-13(6-10)18-5-4-17-12/h2-3,6-7H,4-5,8H2,1H3. The van der Waals surface area contributed by atoms with E-state index in [0.717, 1.165) is 10.0 Å². The summed E-state index contributed by atoms with van der Waals surface area (Å²) in [6, 6.07) is 5.33. The molecule has 6 heteroatoms. The minimum atomic E-state index is 0.0693. The van der Waals surface area contributed by atoms with E-state index in [0.29, 0.717) is 36.0 Å². The maximum Gasteiger partial charge on any atom is 0.173 e. The zero-order valence-electron chi connectivity index (χ0n) is 10.9. The summed E-state index contributed by atoms with van der Waals surface area (Å²) in [6.07, 6.45) is 0. The average molecular weight is 307 g/mol. The number of hydrogen-bond donors (Lipinski definition) is 0. The van der Waals surface area contributed by atoms with Crippen LogP contribution in [0.3, 0.4) is 0 Å². The van der Waals surface area contributed by atoms with Crippen LogP contribution in [0.25, 0.3) is 0 Å². The Bertz CT molecular complexity index is 639. The number of nitrogens with zero attached hydrogens (tertiary/aromatic N) is 1. The SMILES string of the molecule is Cc1csc(SCC(=O)c2ccc3c(c2)OCCO3)n1. The van der Waals surface area contributed by atoms with Crippen molar-refractivity contribution in [1.29, 1.82) is 0 Å². The molecule has 0 spiro atoms. The topological polar surface area (TPSA) is 48.4 Å². The van der Waals surface area contributed by atoms with E-state index in [1.807, 2.05) is 12.3 Å². The van der Waals surface area contributed by atoms with Crippen LogP contribution >= 0.6 is 23.1 Å². The van der Waals surface area contributed by atoms with E-state index in [2.05, 4.69) is 4.98 Å². The minimum absolute atomic E-state index is 0.0693. The second kappa shape index (κ2) is 5.85. The lowest BCUT2D eigenvalue weighted by Crippen LogP contribution is -2.16. The molecule has 1 aliphatic rings. The molecule has 0 amide bonds. The van der Waals surface area contributed by atoms with Gasteiger partial charge in [-0.15, -0.1) is 11.3 Å². The van der Waals surface area contributed by atoms with Gasteiger partial charge in [-0.25, -0.2) is 4.98 Å². The Morgan fingerprint density at radius 1 is 1.35 bits per heavy atom. The molecule has 20 heavy (non-hydrogen) atoms. The van der Waals surface area contributed by atoms with Crippen molar-refractivity contribution < 1.29 is 14.3 Å². The maximum absolute atomic E-state index is 12.2. The van der Waals surface area contributed by atoms with E-state index in [1.54, 1.807) is 29.5 Å². The number of ether oxygens (including phenoxy) is 2. The van der Waals surface area contributed by atoms with Crippen molar-refractivity contribution in [2.24, 2.45) is 0 Å². The summed E-state index contributed by atoms with van der Waals surface area (Å²) >= 11 is 3.03. The highest BCUT2D eigenvalue weighted by Crippen LogP contribution is 2.31. The monoisotopic (exact) mass is 307 g/mol. The molecular formula is C14H13NO3S2. The van der Waals surface area contributed by atoms with Gasteiger partial charge in [0.25, 0.3) is 0 Å². The number of thiazole rings is 1. The van der Waals surface area contributed by atoms with Gasteiger partial charge in [-0.2, -0.15) is 0 Å². The third-order valence-electron chi connectivity index (χ3n) is 2.79. The number of fused-ring (bicyclic) bond motifs is 1. The first-order valence-electron chi connectivity index (χ1n) is 6.20. The molecule has 1 aromatic carbocycles. The summed E-state index contributed by atoms with van der Waals surface area (Å²) in [5, 5.41) is 1.98. The van der Waals surface area contributed by atoms with Crippen LogP contribution in [0.15, 0.2) is 27.9 Å². The van der Waals surface area contributed by atoms with Crippen LogP contribution in [0.1, 0.15) is 16.1 Å². The summed E-state index contributed by atoms with van der Waals surface area (Å²) in [5.74, 6) is 1.81. The fourth-order valence-electron chi connectivity index (χ4n) is 1.83. The molecule has 3 rings (SSSR count). The van der Waals surface area contributed by atoms with Gasteiger partial charge in [0.1, 0.15) is 13.2 Å². The van der Waals surface area contributed by atoms with Crippen LogP contribution in [0.2, 0.25) is 0 Å². The maximum atomic E-state index is 12.2. The molecule has 2 aromatic rings. The Hall–Kier alpha value is -1.53. The number of carbonyl (C=O) groups is 1. The van der Waals surface area contributed by atoms with Crippen LogP contribution in [0.5, 0.6) is 11.5 Å². The van der Waals surface area contributed by atoms with Gasteiger partial charge in [0, 0.05) is 16.6 Å². The molecule has 104 valence electrons. The van der Waals surface area contributed by atoms with Crippen molar-refractivity contribution in [3.63, 3.8) is 0 Å². The number of carbonyl (C=O) groups excluding carboxylic acids is 1. The number of Topliss-reactive ketones (excluding diaryl/α,β-unsaturated/α-hetero) is 1. The van der Waals surface area contributed by atoms with Gasteiger partial charge in [0.2, 0.25) is 0 Å². The summed E-state index contributed by atoms with van der Waals surface area (Å²) in [5.41, 5.74) is 1.64. The second-order valence-corrected chi connectivity index (χ2v) is 6.41. The molecule has 4 nitrogen and oxygen atoms in total. The van der Waals surface area contributed by atoms with Crippen LogP contribution in [0.4, 0.5) is 0 Å². The molecule has 0 aliphatic carbocycles. The van der Waals surface area contributed by atoms with E-state index in [4.69, 9.17) is 9.47 Å². The molecule has 0 bridgehead atoms. The summed E-state index contributed by atoms with van der Waals surface area (Å²) in [6.45, 7) is 3.03. The van der Waals surface area contributed by atoms with E-state index in [9.17, 15) is 4.79 Å².